The Morgan fingerprint density at radius 1 is 1.35 bits per heavy atom. The van der Waals surface area contributed by atoms with E-state index in [0.717, 1.165) is 0 Å². The van der Waals surface area contributed by atoms with Crippen LogP contribution in [0.15, 0.2) is 0 Å². The van der Waals surface area contributed by atoms with E-state index in [2.05, 4.69) is 0 Å². The molecule has 0 aromatic rings. The first-order valence-corrected chi connectivity index (χ1v) is 5.94. The second kappa shape index (κ2) is 4.64. The molecule has 1 amide bonds. The lowest BCUT2D eigenvalue weighted by atomic mass is 9.91. The standard InChI is InChI=1S/C12H22N2O3/c1-8(2)9(10(15)16)14-7-6-13(5)11(17)12(14,3)4/h8-9H,6-7H2,1-5H3,(H,15,16). The van der Waals surface area contributed by atoms with E-state index in [1.807, 2.05) is 18.7 Å². The van der Waals surface area contributed by atoms with Gasteiger partial charge in [0.05, 0.1) is 5.54 Å². The van der Waals surface area contributed by atoms with E-state index in [0.29, 0.717) is 13.1 Å². The van der Waals surface area contributed by atoms with Crippen molar-refractivity contribution in [2.24, 2.45) is 5.92 Å². The molecule has 1 rings (SSSR count). The highest BCUT2D eigenvalue weighted by atomic mass is 16.4. The van der Waals surface area contributed by atoms with Gasteiger partial charge in [0.15, 0.2) is 0 Å². The fourth-order valence-electron chi connectivity index (χ4n) is 2.49. The van der Waals surface area contributed by atoms with Gasteiger partial charge in [0.2, 0.25) is 5.91 Å². The minimum atomic E-state index is -0.856. The molecule has 1 N–H and O–H groups in total. The molecule has 1 fully saturated rings. The predicted molar refractivity (Wildman–Crippen MR) is 64.7 cm³/mol. The van der Waals surface area contributed by atoms with Gasteiger partial charge in [0, 0.05) is 20.1 Å². The van der Waals surface area contributed by atoms with Crippen molar-refractivity contribution in [2.45, 2.75) is 39.3 Å². The summed E-state index contributed by atoms with van der Waals surface area (Å²) in [6, 6.07) is -0.609. The molecule has 5 heteroatoms. The van der Waals surface area contributed by atoms with Gasteiger partial charge in [0.25, 0.3) is 0 Å². The van der Waals surface area contributed by atoms with E-state index in [-0.39, 0.29) is 11.8 Å². The molecule has 0 radical (unpaired) electrons. The Morgan fingerprint density at radius 2 is 1.88 bits per heavy atom. The topological polar surface area (TPSA) is 60.9 Å². The Hall–Kier alpha value is -1.10. The Bertz CT molecular complexity index is 326. The van der Waals surface area contributed by atoms with Crippen molar-refractivity contribution < 1.29 is 14.7 Å². The third-order valence-electron chi connectivity index (χ3n) is 3.48. The van der Waals surface area contributed by atoms with E-state index in [4.69, 9.17) is 0 Å². The molecule has 1 unspecified atom stereocenters. The predicted octanol–water partition coefficient (Wildman–Crippen LogP) is 0.648. The lowest BCUT2D eigenvalue weighted by molar-refractivity contribution is -0.159. The number of nitrogens with zero attached hydrogens (tertiary/aromatic N) is 2. The molecule has 0 aromatic heterocycles. The summed E-state index contributed by atoms with van der Waals surface area (Å²) in [4.78, 5) is 26.9. The monoisotopic (exact) mass is 242 g/mol. The maximum absolute atomic E-state index is 12.1. The lowest BCUT2D eigenvalue weighted by Gasteiger charge is -2.48. The second-order valence-corrected chi connectivity index (χ2v) is 5.51. The van der Waals surface area contributed by atoms with Crippen LogP contribution in [-0.2, 0) is 9.59 Å². The fraction of sp³-hybridized carbons (Fsp3) is 0.833. The molecule has 1 heterocycles. The molecule has 1 aliphatic rings. The first-order valence-electron chi connectivity index (χ1n) is 5.94. The minimum Gasteiger partial charge on any atom is -0.480 e. The molecule has 0 spiro atoms. The molecule has 0 aromatic carbocycles. The summed E-state index contributed by atoms with van der Waals surface area (Å²) < 4.78 is 0. The highest BCUT2D eigenvalue weighted by molar-refractivity contribution is 5.87. The summed E-state index contributed by atoms with van der Waals surface area (Å²) in [5, 5.41) is 9.31. The summed E-state index contributed by atoms with van der Waals surface area (Å²) in [7, 11) is 1.76. The molecule has 5 nitrogen and oxygen atoms in total. The number of hydrogen-bond acceptors (Lipinski definition) is 3. The largest absolute Gasteiger partial charge is 0.480 e. The van der Waals surface area contributed by atoms with Gasteiger partial charge < -0.3 is 10.0 Å². The van der Waals surface area contributed by atoms with E-state index in [1.54, 1.807) is 25.8 Å². The number of carbonyl (C=O) groups excluding carboxylic acids is 1. The molecular formula is C12H22N2O3. The van der Waals surface area contributed by atoms with Crippen LogP contribution < -0.4 is 0 Å². The average Bonchev–Trinajstić information content (AvgIpc) is 2.18. The van der Waals surface area contributed by atoms with Crippen molar-refractivity contribution in [3.05, 3.63) is 0 Å². The lowest BCUT2D eigenvalue weighted by Crippen LogP contribution is -2.66. The number of carboxylic acids is 1. The van der Waals surface area contributed by atoms with Crippen molar-refractivity contribution in [3.63, 3.8) is 0 Å². The van der Waals surface area contributed by atoms with Gasteiger partial charge in [0.1, 0.15) is 6.04 Å². The van der Waals surface area contributed by atoms with Gasteiger partial charge in [-0.2, -0.15) is 0 Å². The summed E-state index contributed by atoms with van der Waals surface area (Å²) in [5.41, 5.74) is -0.750. The zero-order valence-corrected chi connectivity index (χ0v) is 11.2. The van der Waals surface area contributed by atoms with E-state index >= 15 is 0 Å². The van der Waals surface area contributed by atoms with Crippen LogP contribution in [0.3, 0.4) is 0 Å². The highest BCUT2D eigenvalue weighted by Crippen LogP contribution is 2.27. The molecule has 1 atom stereocenters. The number of rotatable bonds is 3. The SMILES string of the molecule is CC(C)C(C(=O)O)N1CCN(C)C(=O)C1(C)C. The number of carbonyl (C=O) groups is 2. The molecule has 0 bridgehead atoms. The van der Waals surface area contributed by atoms with Gasteiger partial charge in [-0.05, 0) is 19.8 Å². The van der Waals surface area contributed by atoms with Crippen molar-refractivity contribution in [3.8, 4) is 0 Å². The van der Waals surface area contributed by atoms with Gasteiger partial charge in [-0.1, -0.05) is 13.8 Å². The van der Waals surface area contributed by atoms with Gasteiger partial charge in [-0.15, -0.1) is 0 Å². The van der Waals surface area contributed by atoms with Crippen LogP contribution in [-0.4, -0.2) is 58.5 Å². The van der Waals surface area contributed by atoms with Crippen LogP contribution in [0.25, 0.3) is 0 Å². The molecule has 1 saturated heterocycles. The molecule has 0 saturated carbocycles. The Morgan fingerprint density at radius 3 is 2.29 bits per heavy atom. The Labute approximate surface area is 102 Å². The van der Waals surface area contributed by atoms with Crippen LogP contribution in [0.5, 0.6) is 0 Å². The number of aliphatic carboxylic acids is 1. The maximum atomic E-state index is 12.1. The van der Waals surface area contributed by atoms with E-state index in [1.165, 1.54) is 0 Å². The second-order valence-electron chi connectivity index (χ2n) is 5.51. The van der Waals surface area contributed by atoms with Gasteiger partial charge in [-0.25, -0.2) is 0 Å². The third kappa shape index (κ3) is 2.44. The quantitative estimate of drug-likeness (QED) is 0.789. The minimum absolute atomic E-state index is 0.0179. The van der Waals surface area contributed by atoms with Gasteiger partial charge >= 0.3 is 5.97 Å². The number of likely N-dealkylation sites (N-methyl/N-ethyl adjacent to an activating group) is 1. The van der Waals surface area contributed by atoms with E-state index in [9.17, 15) is 14.7 Å². The molecule has 1 aliphatic heterocycles. The van der Waals surface area contributed by atoms with E-state index < -0.39 is 17.6 Å². The zero-order chi connectivity index (χ0) is 13.4. The van der Waals surface area contributed by atoms with Crippen LogP contribution >= 0.6 is 0 Å². The van der Waals surface area contributed by atoms with Crippen LogP contribution in [0, 0.1) is 5.92 Å². The summed E-state index contributed by atoms with van der Waals surface area (Å²) in [5.74, 6) is -0.899. The summed E-state index contributed by atoms with van der Waals surface area (Å²) in [6.45, 7) is 8.52. The smallest absolute Gasteiger partial charge is 0.321 e. The van der Waals surface area contributed by atoms with Crippen molar-refractivity contribution in [1.82, 2.24) is 9.80 Å². The molecular weight excluding hydrogens is 220 g/mol. The molecule has 17 heavy (non-hydrogen) atoms. The zero-order valence-electron chi connectivity index (χ0n) is 11.2. The Kier molecular flexibility index (Phi) is 3.81. The molecule has 0 aliphatic carbocycles. The van der Waals surface area contributed by atoms with Crippen LogP contribution in [0.1, 0.15) is 27.7 Å². The van der Waals surface area contributed by atoms with Crippen molar-refractivity contribution >= 4 is 11.9 Å². The van der Waals surface area contributed by atoms with Gasteiger partial charge in [-0.3, -0.25) is 14.5 Å². The first kappa shape index (κ1) is 14.0. The maximum Gasteiger partial charge on any atom is 0.321 e. The number of amides is 1. The Balaban J connectivity index is 3.04. The van der Waals surface area contributed by atoms with Crippen LogP contribution in [0.4, 0.5) is 0 Å². The first-order chi connectivity index (χ1) is 7.69. The summed E-state index contributed by atoms with van der Waals surface area (Å²) >= 11 is 0. The normalized spacial score (nSPS) is 22.9. The third-order valence-corrected chi connectivity index (χ3v) is 3.48. The number of hydrogen-bond donors (Lipinski definition) is 1. The average molecular weight is 242 g/mol. The number of piperazine rings is 1. The number of carboxylic acid groups (broad SMARTS) is 1. The molecule has 98 valence electrons. The van der Waals surface area contributed by atoms with Crippen molar-refractivity contribution in [2.75, 3.05) is 20.1 Å². The summed E-state index contributed by atoms with van der Waals surface area (Å²) in [6.07, 6.45) is 0. The highest BCUT2D eigenvalue weighted by Gasteiger charge is 2.46. The van der Waals surface area contributed by atoms with Crippen LogP contribution in [0.2, 0.25) is 0 Å². The van der Waals surface area contributed by atoms with Crippen molar-refractivity contribution in [1.29, 1.82) is 0 Å². The fourth-order valence-corrected chi connectivity index (χ4v) is 2.49.